The number of thiophene rings is 1. The molecule has 2 heterocycles. The quantitative estimate of drug-likeness (QED) is 0.792. The van der Waals surface area contributed by atoms with Crippen molar-refractivity contribution < 1.29 is 9.47 Å². The fraction of sp³-hybridized carbons (Fsp3) is 0.231. The van der Waals surface area contributed by atoms with Crippen molar-refractivity contribution in [2.24, 2.45) is 0 Å². The van der Waals surface area contributed by atoms with Crippen LogP contribution in [0.15, 0.2) is 47.2 Å². The van der Waals surface area contributed by atoms with E-state index in [0.717, 1.165) is 11.1 Å². The third kappa shape index (κ3) is 1.48. The molecule has 16 heavy (non-hydrogen) atoms. The lowest BCUT2D eigenvalue weighted by Gasteiger charge is -2.27. The van der Waals surface area contributed by atoms with Gasteiger partial charge in [0.2, 0.25) is 5.79 Å². The predicted octanol–water partition coefficient (Wildman–Crippen LogP) is 3.00. The molecule has 0 aliphatic carbocycles. The number of benzene rings is 1. The summed E-state index contributed by atoms with van der Waals surface area (Å²) in [5, 5.41) is 4.13. The van der Waals surface area contributed by atoms with Gasteiger partial charge in [-0.2, -0.15) is 11.3 Å². The summed E-state index contributed by atoms with van der Waals surface area (Å²) < 4.78 is 11.7. The van der Waals surface area contributed by atoms with Gasteiger partial charge in [-0.1, -0.05) is 30.3 Å². The summed E-state index contributed by atoms with van der Waals surface area (Å²) in [4.78, 5) is 0. The smallest absolute Gasteiger partial charge is 0.223 e. The number of hydrogen-bond donors (Lipinski definition) is 0. The summed E-state index contributed by atoms with van der Waals surface area (Å²) in [6.45, 7) is 1.29. The molecule has 1 fully saturated rings. The largest absolute Gasteiger partial charge is 0.340 e. The van der Waals surface area contributed by atoms with E-state index >= 15 is 0 Å². The number of hydrogen-bond acceptors (Lipinski definition) is 3. The second-order valence-corrected chi connectivity index (χ2v) is 4.47. The topological polar surface area (TPSA) is 18.5 Å². The Morgan fingerprint density at radius 2 is 1.69 bits per heavy atom. The lowest BCUT2D eigenvalue weighted by molar-refractivity contribution is -0.129. The van der Waals surface area contributed by atoms with E-state index in [-0.39, 0.29) is 0 Å². The Morgan fingerprint density at radius 3 is 2.31 bits per heavy atom. The molecule has 0 N–H and O–H groups in total. The summed E-state index contributed by atoms with van der Waals surface area (Å²) in [6.07, 6.45) is 0. The van der Waals surface area contributed by atoms with E-state index in [1.165, 1.54) is 0 Å². The molecule has 0 spiro atoms. The molecule has 1 aliphatic rings. The molecular weight excluding hydrogens is 220 g/mol. The van der Waals surface area contributed by atoms with E-state index in [1.807, 2.05) is 35.7 Å². The second-order valence-electron chi connectivity index (χ2n) is 3.69. The zero-order valence-electron chi connectivity index (χ0n) is 8.76. The van der Waals surface area contributed by atoms with Crippen LogP contribution in [0.2, 0.25) is 0 Å². The highest BCUT2D eigenvalue weighted by molar-refractivity contribution is 7.08. The van der Waals surface area contributed by atoms with Gasteiger partial charge in [-0.25, -0.2) is 0 Å². The SMILES string of the molecule is c1ccc(C2(c3ccsc3)OCCO2)cc1. The van der Waals surface area contributed by atoms with E-state index in [2.05, 4.69) is 11.4 Å². The van der Waals surface area contributed by atoms with Crippen LogP contribution in [0, 0.1) is 0 Å². The van der Waals surface area contributed by atoms with Crippen LogP contribution >= 0.6 is 11.3 Å². The maximum Gasteiger partial charge on any atom is 0.223 e. The molecule has 3 heteroatoms. The molecule has 1 saturated heterocycles. The predicted molar refractivity (Wildman–Crippen MR) is 63.4 cm³/mol. The van der Waals surface area contributed by atoms with Gasteiger partial charge in [0.05, 0.1) is 13.2 Å². The van der Waals surface area contributed by atoms with E-state index in [9.17, 15) is 0 Å². The summed E-state index contributed by atoms with van der Waals surface area (Å²) in [7, 11) is 0. The van der Waals surface area contributed by atoms with Crippen molar-refractivity contribution in [3.63, 3.8) is 0 Å². The zero-order chi connectivity index (χ0) is 10.8. The molecule has 0 saturated carbocycles. The average Bonchev–Trinajstić information content (AvgIpc) is 3.02. The maximum atomic E-state index is 5.86. The highest BCUT2D eigenvalue weighted by atomic mass is 32.1. The van der Waals surface area contributed by atoms with Gasteiger partial charge in [0.1, 0.15) is 0 Å². The molecule has 3 rings (SSSR count). The first-order valence-electron chi connectivity index (χ1n) is 5.28. The lowest BCUT2D eigenvalue weighted by atomic mass is 10.00. The Bertz CT molecular complexity index is 444. The average molecular weight is 232 g/mol. The minimum absolute atomic E-state index is 0.644. The van der Waals surface area contributed by atoms with E-state index in [4.69, 9.17) is 9.47 Å². The molecule has 0 bridgehead atoms. The van der Waals surface area contributed by atoms with E-state index in [1.54, 1.807) is 11.3 Å². The van der Waals surface area contributed by atoms with Gasteiger partial charge in [0.25, 0.3) is 0 Å². The molecule has 2 nitrogen and oxygen atoms in total. The van der Waals surface area contributed by atoms with Crippen LogP contribution < -0.4 is 0 Å². The van der Waals surface area contributed by atoms with Gasteiger partial charge in [0.15, 0.2) is 0 Å². The van der Waals surface area contributed by atoms with Crippen LogP contribution in [-0.4, -0.2) is 13.2 Å². The molecule has 0 radical (unpaired) electrons. The highest BCUT2D eigenvalue weighted by Crippen LogP contribution is 2.38. The zero-order valence-corrected chi connectivity index (χ0v) is 9.57. The highest BCUT2D eigenvalue weighted by Gasteiger charge is 2.40. The maximum absolute atomic E-state index is 5.86. The van der Waals surface area contributed by atoms with Gasteiger partial charge < -0.3 is 9.47 Å². The van der Waals surface area contributed by atoms with Crippen molar-refractivity contribution in [3.8, 4) is 0 Å². The summed E-state index contributed by atoms with van der Waals surface area (Å²) in [6, 6.07) is 12.2. The van der Waals surface area contributed by atoms with Gasteiger partial charge >= 0.3 is 0 Å². The van der Waals surface area contributed by atoms with Crippen molar-refractivity contribution in [3.05, 3.63) is 58.3 Å². The molecule has 1 aliphatic heterocycles. The van der Waals surface area contributed by atoms with E-state index < -0.39 is 5.79 Å². The van der Waals surface area contributed by atoms with Crippen molar-refractivity contribution in [2.75, 3.05) is 13.2 Å². The summed E-state index contributed by atoms with van der Waals surface area (Å²) in [5.41, 5.74) is 2.15. The first-order valence-corrected chi connectivity index (χ1v) is 6.22. The Morgan fingerprint density at radius 1 is 0.938 bits per heavy atom. The first-order chi connectivity index (χ1) is 7.92. The molecule has 1 aromatic heterocycles. The van der Waals surface area contributed by atoms with Crippen LogP contribution in [0.4, 0.5) is 0 Å². The first kappa shape index (κ1) is 10.0. The molecular formula is C13H12O2S. The Balaban J connectivity index is 2.11. The Labute approximate surface area is 98.4 Å². The minimum atomic E-state index is -0.679. The van der Waals surface area contributed by atoms with Gasteiger partial charge in [-0.05, 0) is 16.8 Å². The minimum Gasteiger partial charge on any atom is -0.340 e. The van der Waals surface area contributed by atoms with Crippen LogP contribution in [0.3, 0.4) is 0 Å². The number of ether oxygens (including phenoxy) is 2. The summed E-state index contributed by atoms with van der Waals surface area (Å²) >= 11 is 1.66. The van der Waals surface area contributed by atoms with Gasteiger partial charge in [-0.15, -0.1) is 0 Å². The third-order valence-electron chi connectivity index (χ3n) is 2.75. The van der Waals surface area contributed by atoms with Crippen LogP contribution in [0.25, 0.3) is 0 Å². The Kier molecular flexibility index (Phi) is 2.52. The van der Waals surface area contributed by atoms with Crippen molar-refractivity contribution in [1.29, 1.82) is 0 Å². The van der Waals surface area contributed by atoms with Crippen LogP contribution in [-0.2, 0) is 15.3 Å². The number of rotatable bonds is 2. The fourth-order valence-corrected chi connectivity index (χ4v) is 2.71. The molecule has 0 amide bonds. The molecule has 82 valence electrons. The van der Waals surface area contributed by atoms with Crippen molar-refractivity contribution in [2.45, 2.75) is 5.79 Å². The second kappa shape index (κ2) is 4.01. The Hall–Kier alpha value is -1.16. The van der Waals surface area contributed by atoms with Gasteiger partial charge in [-0.3, -0.25) is 0 Å². The third-order valence-corrected chi connectivity index (χ3v) is 3.43. The standard InChI is InChI=1S/C13H12O2S/c1-2-4-11(5-3-1)13(14-7-8-15-13)12-6-9-16-10-12/h1-6,9-10H,7-8H2. The van der Waals surface area contributed by atoms with Crippen molar-refractivity contribution >= 4 is 11.3 Å². The van der Waals surface area contributed by atoms with Crippen LogP contribution in [0.1, 0.15) is 11.1 Å². The van der Waals surface area contributed by atoms with Crippen molar-refractivity contribution in [1.82, 2.24) is 0 Å². The molecule has 0 unspecified atom stereocenters. The lowest BCUT2D eigenvalue weighted by Crippen LogP contribution is -2.27. The molecule has 2 aromatic rings. The monoisotopic (exact) mass is 232 g/mol. The normalized spacial score (nSPS) is 18.8. The molecule has 0 atom stereocenters. The van der Waals surface area contributed by atoms with Crippen LogP contribution in [0.5, 0.6) is 0 Å². The summed E-state index contributed by atoms with van der Waals surface area (Å²) in [5.74, 6) is -0.679. The molecule has 1 aromatic carbocycles. The van der Waals surface area contributed by atoms with Gasteiger partial charge in [0, 0.05) is 11.1 Å². The fourth-order valence-electron chi connectivity index (χ4n) is 2.02. The van der Waals surface area contributed by atoms with E-state index in [0.29, 0.717) is 13.2 Å².